The van der Waals surface area contributed by atoms with Crippen molar-refractivity contribution in [3.05, 3.63) is 56.7 Å². The molecule has 2 rings (SSSR count). The zero-order chi connectivity index (χ0) is 13.1. The minimum Gasteiger partial charge on any atom is -0.322 e. The van der Waals surface area contributed by atoms with Gasteiger partial charge in [0, 0.05) is 21.9 Å². The van der Waals surface area contributed by atoms with Crippen LogP contribution in [0.1, 0.15) is 10.4 Å². The Hall–Kier alpha value is -1.10. The highest BCUT2D eigenvalue weighted by Gasteiger charge is 2.07. The molecule has 1 N–H and O–H groups in total. The van der Waals surface area contributed by atoms with E-state index in [1.165, 1.54) is 6.20 Å². The second kappa shape index (κ2) is 5.69. The zero-order valence-corrected chi connectivity index (χ0v) is 12.1. The summed E-state index contributed by atoms with van der Waals surface area (Å²) in [5, 5.41) is 3.63. The summed E-state index contributed by atoms with van der Waals surface area (Å²) in [6.07, 6.45) is 1.48. The SMILES string of the molecule is O=C(Nc1cc(Cl)cc(Cl)c1)c1ccc(Br)nc1. The van der Waals surface area contributed by atoms with Crippen LogP contribution in [-0.4, -0.2) is 10.9 Å². The standard InChI is InChI=1S/C12H7BrCl2N2O/c13-11-2-1-7(6-16-11)12(18)17-10-4-8(14)3-9(15)5-10/h1-6H,(H,17,18). The van der Waals surface area contributed by atoms with Crippen LogP contribution in [0.5, 0.6) is 0 Å². The van der Waals surface area contributed by atoms with Gasteiger partial charge < -0.3 is 5.32 Å². The Balaban J connectivity index is 2.18. The smallest absolute Gasteiger partial charge is 0.257 e. The van der Waals surface area contributed by atoms with E-state index in [4.69, 9.17) is 23.2 Å². The summed E-state index contributed by atoms with van der Waals surface area (Å²) in [5.41, 5.74) is 0.995. The van der Waals surface area contributed by atoms with Gasteiger partial charge in [0.15, 0.2) is 0 Å². The van der Waals surface area contributed by atoms with Gasteiger partial charge in [-0.05, 0) is 46.3 Å². The first-order chi connectivity index (χ1) is 8.54. The van der Waals surface area contributed by atoms with Gasteiger partial charge in [0.2, 0.25) is 0 Å². The number of nitrogens with zero attached hydrogens (tertiary/aromatic N) is 1. The molecule has 3 nitrogen and oxygen atoms in total. The van der Waals surface area contributed by atoms with Crippen molar-refractivity contribution in [2.24, 2.45) is 0 Å². The number of amides is 1. The van der Waals surface area contributed by atoms with E-state index in [1.807, 2.05) is 0 Å². The first-order valence-corrected chi connectivity index (χ1v) is 6.48. The van der Waals surface area contributed by atoms with E-state index in [-0.39, 0.29) is 5.91 Å². The molecular weight excluding hydrogens is 339 g/mol. The van der Waals surface area contributed by atoms with Gasteiger partial charge >= 0.3 is 0 Å². The number of hydrogen-bond donors (Lipinski definition) is 1. The van der Waals surface area contributed by atoms with Crippen LogP contribution in [0.2, 0.25) is 10.0 Å². The molecule has 0 aliphatic carbocycles. The van der Waals surface area contributed by atoms with Crippen LogP contribution in [-0.2, 0) is 0 Å². The second-order valence-electron chi connectivity index (χ2n) is 3.48. The lowest BCUT2D eigenvalue weighted by Gasteiger charge is -2.06. The Morgan fingerprint density at radius 2 is 1.83 bits per heavy atom. The summed E-state index contributed by atoms with van der Waals surface area (Å²) >= 11 is 14.9. The van der Waals surface area contributed by atoms with Gasteiger partial charge in [-0.15, -0.1) is 0 Å². The highest BCUT2D eigenvalue weighted by Crippen LogP contribution is 2.22. The van der Waals surface area contributed by atoms with E-state index in [0.29, 0.717) is 25.9 Å². The van der Waals surface area contributed by atoms with Crippen molar-refractivity contribution in [1.29, 1.82) is 0 Å². The molecule has 0 spiro atoms. The Kier molecular flexibility index (Phi) is 4.22. The number of carbonyl (C=O) groups is 1. The number of carbonyl (C=O) groups excluding carboxylic acids is 1. The van der Waals surface area contributed by atoms with Gasteiger partial charge in [-0.1, -0.05) is 23.2 Å². The summed E-state index contributed by atoms with van der Waals surface area (Å²) in [4.78, 5) is 15.9. The Morgan fingerprint density at radius 3 is 2.39 bits per heavy atom. The van der Waals surface area contributed by atoms with Crippen LogP contribution in [0, 0.1) is 0 Å². The maximum absolute atomic E-state index is 11.9. The molecule has 2 aromatic rings. The quantitative estimate of drug-likeness (QED) is 0.819. The minimum absolute atomic E-state index is 0.270. The maximum Gasteiger partial charge on any atom is 0.257 e. The predicted octanol–water partition coefficient (Wildman–Crippen LogP) is 4.40. The third-order valence-corrected chi connectivity index (χ3v) is 3.02. The highest BCUT2D eigenvalue weighted by molar-refractivity contribution is 9.10. The van der Waals surface area contributed by atoms with Gasteiger partial charge in [-0.2, -0.15) is 0 Å². The van der Waals surface area contributed by atoms with E-state index in [0.717, 1.165) is 0 Å². The maximum atomic E-state index is 11.9. The largest absolute Gasteiger partial charge is 0.322 e. The molecule has 1 amide bonds. The van der Waals surface area contributed by atoms with E-state index in [1.54, 1.807) is 30.3 Å². The van der Waals surface area contributed by atoms with Crippen molar-refractivity contribution in [3.63, 3.8) is 0 Å². The van der Waals surface area contributed by atoms with Crippen LogP contribution in [0.15, 0.2) is 41.1 Å². The van der Waals surface area contributed by atoms with E-state index in [2.05, 4.69) is 26.2 Å². The van der Waals surface area contributed by atoms with Crippen LogP contribution < -0.4 is 5.32 Å². The molecule has 0 aliphatic rings. The number of benzene rings is 1. The van der Waals surface area contributed by atoms with Gasteiger partial charge in [-0.3, -0.25) is 4.79 Å². The van der Waals surface area contributed by atoms with Crippen LogP contribution in [0.25, 0.3) is 0 Å². The first kappa shape index (κ1) is 13.3. The summed E-state index contributed by atoms with van der Waals surface area (Å²) < 4.78 is 0.671. The number of hydrogen-bond acceptors (Lipinski definition) is 2. The van der Waals surface area contributed by atoms with Crippen LogP contribution >= 0.6 is 39.1 Å². The third-order valence-electron chi connectivity index (χ3n) is 2.11. The van der Waals surface area contributed by atoms with Gasteiger partial charge in [0.25, 0.3) is 5.91 Å². The molecule has 0 bridgehead atoms. The molecule has 0 radical (unpaired) electrons. The number of pyridine rings is 1. The molecule has 0 atom stereocenters. The molecule has 0 saturated heterocycles. The van der Waals surface area contributed by atoms with E-state index < -0.39 is 0 Å². The van der Waals surface area contributed by atoms with Crippen molar-refractivity contribution in [3.8, 4) is 0 Å². The average molecular weight is 346 g/mol. The van der Waals surface area contributed by atoms with Crippen molar-refractivity contribution in [2.45, 2.75) is 0 Å². The number of anilines is 1. The number of nitrogens with one attached hydrogen (secondary N) is 1. The highest BCUT2D eigenvalue weighted by atomic mass is 79.9. The van der Waals surface area contributed by atoms with Crippen molar-refractivity contribution in [1.82, 2.24) is 4.98 Å². The fourth-order valence-electron chi connectivity index (χ4n) is 1.34. The molecule has 92 valence electrons. The monoisotopic (exact) mass is 344 g/mol. The fraction of sp³-hybridized carbons (Fsp3) is 0. The van der Waals surface area contributed by atoms with E-state index in [9.17, 15) is 4.79 Å². The van der Waals surface area contributed by atoms with Crippen LogP contribution in [0.4, 0.5) is 5.69 Å². The number of rotatable bonds is 2. The summed E-state index contributed by atoms with van der Waals surface area (Å²) in [6, 6.07) is 8.20. The van der Waals surface area contributed by atoms with Crippen molar-refractivity contribution < 1.29 is 4.79 Å². The van der Waals surface area contributed by atoms with E-state index >= 15 is 0 Å². The minimum atomic E-state index is -0.270. The Labute approximate surface area is 122 Å². The number of halogens is 3. The topological polar surface area (TPSA) is 42.0 Å². The molecule has 0 saturated carbocycles. The number of aromatic nitrogens is 1. The molecule has 1 heterocycles. The molecule has 1 aromatic carbocycles. The Morgan fingerprint density at radius 1 is 1.17 bits per heavy atom. The second-order valence-corrected chi connectivity index (χ2v) is 5.17. The summed E-state index contributed by atoms with van der Waals surface area (Å²) in [7, 11) is 0. The van der Waals surface area contributed by atoms with Gasteiger partial charge in [-0.25, -0.2) is 4.98 Å². The lowest BCUT2D eigenvalue weighted by atomic mass is 10.2. The average Bonchev–Trinajstić information content (AvgIpc) is 2.28. The van der Waals surface area contributed by atoms with Gasteiger partial charge in [0.1, 0.15) is 4.60 Å². The molecule has 0 fully saturated rings. The molecule has 0 aliphatic heterocycles. The molecule has 0 unspecified atom stereocenters. The Bertz CT molecular complexity index is 567. The molecule has 6 heteroatoms. The molecular formula is C12H7BrCl2N2O. The molecule has 1 aromatic heterocycles. The predicted molar refractivity (Wildman–Crippen MR) is 76.4 cm³/mol. The van der Waals surface area contributed by atoms with Crippen molar-refractivity contribution in [2.75, 3.05) is 5.32 Å². The van der Waals surface area contributed by atoms with Crippen LogP contribution in [0.3, 0.4) is 0 Å². The summed E-state index contributed by atoms with van der Waals surface area (Å²) in [6.45, 7) is 0. The first-order valence-electron chi connectivity index (χ1n) is 4.93. The van der Waals surface area contributed by atoms with Gasteiger partial charge in [0.05, 0.1) is 5.56 Å². The molecule has 18 heavy (non-hydrogen) atoms. The fourth-order valence-corrected chi connectivity index (χ4v) is 2.10. The normalized spacial score (nSPS) is 10.2. The zero-order valence-electron chi connectivity index (χ0n) is 8.95. The lowest BCUT2D eigenvalue weighted by Crippen LogP contribution is -2.12. The lowest BCUT2D eigenvalue weighted by molar-refractivity contribution is 0.102. The summed E-state index contributed by atoms with van der Waals surface area (Å²) in [5.74, 6) is -0.270. The van der Waals surface area contributed by atoms with Crippen molar-refractivity contribution >= 4 is 50.7 Å². The third kappa shape index (κ3) is 3.45.